The molecule has 2 N–H and O–H groups in total. The maximum Gasteiger partial charge on any atom is 0.447 e. The number of anilines is 2. The summed E-state index contributed by atoms with van der Waals surface area (Å²) in [5, 5.41) is 6.02. The molecule has 3 heterocycles. The average Bonchev–Trinajstić information content (AvgIpc) is 3.24. The van der Waals surface area contributed by atoms with Gasteiger partial charge >= 0.3 is 5.51 Å². The Hall–Kier alpha value is -3.63. The smallest absolute Gasteiger partial charge is 0.447 e. The molecule has 0 unspecified atom stereocenters. The Bertz CT molecular complexity index is 1430. The molecule has 40 heavy (non-hydrogen) atoms. The Kier molecular flexibility index (Phi) is 9.00. The maximum absolute atomic E-state index is 14.6. The van der Waals surface area contributed by atoms with Gasteiger partial charge in [-0.25, -0.2) is 9.37 Å². The Morgan fingerprint density at radius 2 is 2.05 bits per heavy atom. The first-order valence-electron chi connectivity index (χ1n) is 12.4. The molecule has 1 saturated heterocycles. The van der Waals surface area contributed by atoms with Gasteiger partial charge in [-0.3, -0.25) is 9.20 Å². The van der Waals surface area contributed by atoms with Crippen molar-refractivity contribution in [1.29, 1.82) is 0 Å². The SMILES string of the molecule is COc1cc(C(=O)N(C)C)ccc1NCC#Cc1nc2c(N[C@@H]3CCN(C)C[C@@H]3F)cccn2c1SC(F)(F)F. The highest BCUT2D eigenvalue weighted by Crippen LogP contribution is 2.39. The monoisotopic (exact) mass is 578 g/mol. The van der Waals surface area contributed by atoms with Gasteiger partial charge in [0.05, 0.1) is 31.1 Å². The summed E-state index contributed by atoms with van der Waals surface area (Å²) < 4.78 is 61.8. The number of amides is 1. The number of halogens is 4. The summed E-state index contributed by atoms with van der Waals surface area (Å²) in [5.74, 6) is 5.81. The third kappa shape index (κ3) is 6.92. The lowest BCUT2D eigenvalue weighted by molar-refractivity contribution is -0.0330. The first-order valence-corrected chi connectivity index (χ1v) is 13.3. The highest BCUT2D eigenvalue weighted by Gasteiger charge is 2.33. The Morgan fingerprint density at radius 3 is 2.73 bits per heavy atom. The number of methoxy groups -OCH3 is 1. The zero-order chi connectivity index (χ0) is 29.0. The predicted molar refractivity (Wildman–Crippen MR) is 148 cm³/mol. The van der Waals surface area contributed by atoms with E-state index in [2.05, 4.69) is 27.5 Å². The van der Waals surface area contributed by atoms with Gasteiger partial charge < -0.3 is 25.2 Å². The number of rotatable bonds is 7. The fourth-order valence-corrected chi connectivity index (χ4v) is 5.02. The molecule has 13 heteroatoms. The fraction of sp³-hybridized carbons (Fsp3) is 0.407. The van der Waals surface area contributed by atoms with Gasteiger partial charge in [-0.1, -0.05) is 5.92 Å². The topological polar surface area (TPSA) is 74.1 Å². The van der Waals surface area contributed by atoms with E-state index in [1.165, 1.54) is 22.6 Å². The first-order chi connectivity index (χ1) is 19.0. The number of likely N-dealkylation sites (tertiary alicyclic amines) is 1. The second-order valence-corrected chi connectivity index (χ2v) is 10.6. The second-order valence-electron chi connectivity index (χ2n) is 9.52. The minimum absolute atomic E-state index is 0.0440. The van der Waals surface area contributed by atoms with Crippen molar-refractivity contribution in [3.05, 3.63) is 47.8 Å². The largest absolute Gasteiger partial charge is 0.495 e. The van der Waals surface area contributed by atoms with Crippen molar-refractivity contribution in [2.45, 2.75) is 29.2 Å². The van der Waals surface area contributed by atoms with Gasteiger partial charge in [0.15, 0.2) is 5.65 Å². The molecule has 2 aromatic heterocycles. The predicted octanol–water partition coefficient (Wildman–Crippen LogP) is 4.57. The van der Waals surface area contributed by atoms with Crippen molar-refractivity contribution in [2.75, 3.05) is 58.5 Å². The third-order valence-corrected chi connectivity index (χ3v) is 7.15. The van der Waals surface area contributed by atoms with Crippen LogP contribution in [0.5, 0.6) is 5.75 Å². The summed E-state index contributed by atoms with van der Waals surface area (Å²) >= 11 is -0.301. The number of nitrogens with one attached hydrogen (secondary N) is 2. The maximum atomic E-state index is 14.6. The lowest BCUT2D eigenvalue weighted by Crippen LogP contribution is -2.46. The van der Waals surface area contributed by atoms with E-state index in [0.717, 1.165) is 0 Å². The van der Waals surface area contributed by atoms with E-state index >= 15 is 0 Å². The normalized spacial score (nSPS) is 17.7. The number of alkyl halides is 4. The number of ether oxygens (including phenoxy) is 1. The van der Waals surface area contributed by atoms with E-state index in [1.807, 2.05) is 11.9 Å². The molecule has 0 bridgehead atoms. The van der Waals surface area contributed by atoms with Crippen molar-refractivity contribution in [1.82, 2.24) is 19.2 Å². The van der Waals surface area contributed by atoms with Crippen molar-refractivity contribution in [2.24, 2.45) is 0 Å². The summed E-state index contributed by atoms with van der Waals surface area (Å²) in [6.45, 7) is 1.05. The Labute approximate surface area is 234 Å². The summed E-state index contributed by atoms with van der Waals surface area (Å²) in [7, 11) is 6.60. The molecule has 0 radical (unpaired) electrons. The molecule has 1 aromatic carbocycles. The molecular weight excluding hydrogens is 548 g/mol. The number of carbonyl (C=O) groups is 1. The van der Waals surface area contributed by atoms with E-state index in [-0.39, 0.29) is 47.1 Å². The quantitative estimate of drug-likeness (QED) is 0.242. The van der Waals surface area contributed by atoms with Crippen LogP contribution in [0.4, 0.5) is 28.9 Å². The fourth-order valence-electron chi connectivity index (χ4n) is 4.36. The van der Waals surface area contributed by atoms with Crippen LogP contribution in [0.1, 0.15) is 22.5 Å². The minimum atomic E-state index is -4.56. The molecule has 3 aromatic rings. The molecule has 1 fully saturated rings. The molecule has 1 aliphatic heterocycles. The van der Waals surface area contributed by atoms with Crippen molar-refractivity contribution < 1.29 is 27.1 Å². The summed E-state index contributed by atoms with van der Waals surface area (Å²) in [6.07, 6.45) is 0.902. The standard InChI is InChI=1S/C27H30F4N6O2S/c1-35(2)25(38)17-9-10-20(23(15-17)39-4)32-12-5-7-22-26(40-27(29,30)31)37-13-6-8-21(24(37)34-22)33-19-11-14-36(3)16-18(19)28/h6,8-10,13,15,18-19,32-33H,11-12,14,16H2,1-4H3/t18-,19+/m0/s1. The molecule has 1 aliphatic rings. The Morgan fingerprint density at radius 1 is 1.27 bits per heavy atom. The summed E-state index contributed by atoms with van der Waals surface area (Å²) in [4.78, 5) is 20.0. The van der Waals surface area contributed by atoms with Crippen molar-refractivity contribution >= 4 is 34.7 Å². The number of hydrogen-bond acceptors (Lipinski definition) is 7. The number of carbonyl (C=O) groups excluding carboxylic acids is 1. The molecule has 4 rings (SSSR count). The third-order valence-electron chi connectivity index (χ3n) is 6.33. The highest BCUT2D eigenvalue weighted by atomic mass is 32.2. The van der Waals surface area contributed by atoms with Gasteiger partial charge in [0.2, 0.25) is 0 Å². The number of thioether (sulfide) groups is 1. The van der Waals surface area contributed by atoms with Crippen LogP contribution >= 0.6 is 11.8 Å². The zero-order valence-corrected chi connectivity index (χ0v) is 23.3. The lowest BCUT2D eigenvalue weighted by atomic mass is 10.0. The number of benzene rings is 1. The zero-order valence-electron chi connectivity index (χ0n) is 22.5. The van der Waals surface area contributed by atoms with Gasteiger partial charge in [-0.05, 0) is 49.7 Å². The highest BCUT2D eigenvalue weighted by molar-refractivity contribution is 8.00. The van der Waals surface area contributed by atoms with E-state index in [4.69, 9.17) is 4.74 Å². The number of piperidine rings is 1. The van der Waals surface area contributed by atoms with Crippen LogP contribution in [0.2, 0.25) is 0 Å². The number of nitrogens with zero attached hydrogens (tertiary/aromatic N) is 4. The molecule has 214 valence electrons. The van der Waals surface area contributed by atoms with Gasteiger partial charge in [0.1, 0.15) is 22.6 Å². The summed E-state index contributed by atoms with van der Waals surface area (Å²) in [5.41, 5.74) is -2.92. The lowest BCUT2D eigenvalue weighted by Gasteiger charge is -2.33. The van der Waals surface area contributed by atoms with Crippen LogP contribution in [-0.4, -0.2) is 90.7 Å². The van der Waals surface area contributed by atoms with Crippen LogP contribution in [0.3, 0.4) is 0 Å². The van der Waals surface area contributed by atoms with Gasteiger partial charge in [-0.2, -0.15) is 13.2 Å². The summed E-state index contributed by atoms with van der Waals surface area (Å²) in [6, 6.07) is 7.69. The molecule has 8 nitrogen and oxygen atoms in total. The number of fused-ring (bicyclic) bond motifs is 1. The van der Waals surface area contributed by atoms with Crippen LogP contribution in [0.15, 0.2) is 41.6 Å². The van der Waals surface area contributed by atoms with Crippen molar-refractivity contribution in [3.63, 3.8) is 0 Å². The average molecular weight is 579 g/mol. The molecule has 0 aliphatic carbocycles. The van der Waals surface area contributed by atoms with Gasteiger partial charge in [-0.15, -0.1) is 0 Å². The molecule has 1 amide bonds. The van der Waals surface area contributed by atoms with Gasteiger partial charge in [0, 0.05) is 50.7 Å². The minimum Gasteiger partial charge on any atom is -0.495 e. The molecule has 0 saturated carbocycles. The van der Waals surface area contributed by atoms with E-state index in [0.29, 0.717) is 35.7 Å². The van der Waals surface area contributed by atoms with Crippen LogP contribution in [0, 0.1) is 11.8 Å². The number of imidazole rings is 1. The number of pyridine rings is 1. The van der Waals surface area contributed by atoms with Crippen LogP contribution < -0.4 is 15.4 Å². The number of aromatic nitrogens is 2. The number of hydrogen-bond donors (Lipinski definition) is 2. The molecule has 2 atom stereocenters. The van der Waals surface area contributed by atoms with E-state index in [9.17, 15) is 22.4 Å². The van der Waals surface area contributed by atoms with Crippen molar-refractivity contribution in [3.8, 4) is 17.6 Å². The van der Waals surface area contributed by atoms with Gasteiger partial charge in [0.25, 0.3) is 5.91 Å². The van der Waals surface area contributed by atoms with E-state index < -0.39 is 17.7 Å². The first kappa shape index (κ1) is 29.4. The van der Waals surface area contributed by atoms with E-state index in [1.54, 1.807) is 44.4 Å². The Balaban J connectivity index is 1.59. The second kappa shape index (κ2) is 12.3. The molecule has 0 spiro atoms. The molecular formula is C27H30F4N6O2S. The van der Waals surface area contributed by atoms with Crippen LogP contribution in [-0.2, 0) is 0 Å². The van der Waals surface area contributed by atoms with Crippen LogP contribution in [0.25, 0.3) is 5.65 Å².